The molecule has 0 spiro atoms. The van der Waals surface area contributed by atoms with Crippen molar-refractivity contribution < 1.29 is 24.2 Å². The topological polar surface area (TPSA) is 83.9 Å². The number of rotatable bonds is 2. The number of Topliss-reactive ketones (excluding diaryl/α,β-unsaturated/α-hetero) is 1. The summed E-state index contributed by atoms with van der Waals surface area (Å²) >= 11 is 0. The lowest BCUT2D eigenvalue weighted by Gasteiger charge is -2.25. The summed E-state index contributed by atoms with van der Waals surface area (Å²) in [4.78, 5) is 36.6. The monoisotopic (exact) mass is 287 g/mol. The van der Waals surface area contributed by atoms with Crippen molar-refractivity contribution in [1.29, 1.82) is 0 Å². The first kappa shape index (κ1) is 13.4. The van der Waals surface area contributed by atoms with Crippen molar-refractivity contribution in [2.75, 3.05) is 0 Å². The molecule has 1 N–H and O–H groups in total. The lowest BCUT2D eigenvalue weighted by Crippen LogP contribution is -2.33. The first-order chi connectivity index (χ1) is 9.95. The number of aliphatic hydroxyl groups excluding tert-OH is 1. The van der Waals surface area contributed by atoms with Crippen molar-refractivity contribution in [3.05, 3.63) is 47.5 Å². The number of ketones is 1. The second-order valence-corrected chi connectivity index (χ2v) is 5.11. The molecule has 3 rings (SSSR count). The maximum Gasteiger partial charge on any atom is 0.252 e. The molecule has 1 aromatic rings. The van der Waals surface area contributed by atoms with Crippen LogP contribution in [0.15, 0.2) is 42.0 Å². The van der Waals surface area contributed by atoms with Gasteiger partial charge in [-0.15, -0.1) is 0 Å². The third kappa shape index (κ3) is 1.83. The largest absolute Gasteiger partial charge is 0.501 e. The first-order valence-electron chi connectivity index (χ1n) is 6.53. The quantitative estimate of drug-likeness (QED) is 0.831. The van der Waals surface area contributed by atoms with Crippen LogP contribution in [0.3, 0.4) is 0 Å². The Morgan fingerprint density at radius 3 is 2.24 bits per heavy atom. The second kappa shape index (κ2) is 4.44. The number of hydrogen-bond donors (Lipinski definition) is 1. The fourth-order valence-corrected chi connectivity index (χ4v) is 2.51. The summed E-state index contributed by atoms with van der Waals surface area (Å²) in [6.45, 7) is 1.50. The van der Waals surface area contributed by atoms with Crippen molar-refractivity contribution >= 4 is 17.6 Å². The molecular weight excluding hydrogens is 274 g/mol. The van der Waals surface area contributed by atoms with Crippen LogP contribution >= 0.6 is 0 Å². The zero-order chi connectivity index (χ0) is 15.2. The van der Waals surface area contributed by atoms with Gasteiger partial charge in [0.15, 0.2) is 5.60 Å². The zero-order valence-corrected chi connectivity index (χ0v) is 11.3. The van der Waals surface area contributed by atoms with E-state index < -0.39 is 29.0 Å². The van der Waals surface area contributed by atoms with Crippen molar-refractivity contribution in [2.24, 2.45) is 0 Å². The molecule has 2 aliphatic heterocycles. The average molecular weight is 287 g/mol. The smallest absolute Gasteiger partial charge is 0.252 e. The lowest BCUT2D eigenvalue weighted by atomic mass is 9.92. The molecule has 2 heterocycles. The van der Waals surface area contributed by atoms with Gasteiger partial charge in [-0.05, 0) is 6.92 Å². The van der Waals surface area contributed by atoms with Gasteiger partial charge in [-0.1, -0.05) is 30.3 Å². The third-order valence-electron chi connectivity index (χ3n) is 3.73. The highest BCUT2D eigenvalue weighted by atomic mass is 16.5. The van der Waals surface area contributed by atoms with Gasteiger partial charge < -0.3 is 9.84 Å². The Morgan fingerprint density at radius 1 is 1.10 bits per heavy atom. The maximum absolute atomic E-state index is 12.3. The van der Waals surface area contributed by atoms with Gasteiger partial charge >= 0.3 is 0 Å². The van der Waals surface area contributed by atoms with Gasteiger partial charge in [0.1, 0.15) is 0 Å². The second-order valence-electron chi connectivity index (χ2n) is 5.11. The number of ether oxygens (including phenoxy) is 1. The van der Waals surface area contributed by atoms with E-state index in [0.29, 0.717) is 5.56 Å². The summed E-state index contributed by atoms with van der Waals surface area (Å²) < 4.78 is 5.55. The van der Waals surface area contributed by atoms with Crippen molar-refractivity contribution in [3.63, 3.8) is 0 Å². The highest BCUT2D eigenvalue weighted by molar-refractivity contribution is 6.08. The Kier molecular flexibility index (Phi) is 2.83. The molecular formula is C15H13NO5. The fourth-order valence-electron chi connectivity index (χ4n) is 2.51. The minimum Gasteiger partial charge on any atom is -0.501 e. The molecule has 1 atom stereocenters. The number of hydrogen-bond acceptors (Lipinski definition) is 5. The maximum atomic E-state index is 12.3. The Hall–Kier alpha value is -2.63. The van der Waals surface area contributed by atoms with Crippen LogP contribution in [0.25, 0.3) is 0 Å². The molecule has 0 aliphatic carbocycles. The van der Waals surface area contributed by atoms with E-state index in [9.17, 15) is 19.5 Å². The van der Waals surface area contributed by atoms with E-state index in [0.717, 1.165) is 4.90 Å². The van der Waals surface area contributed by atoms with E-state index in [2.05, 4.69) is 0 Å². The van der Waals surface area contributed by atoms with Crippen LogP contribution < -0.4 is 0 Å². The highest BCUT2D eigenvalue weighted by Gasteiger charge is 2.51. The van der Waals surface area contributed by atoms with Crippen LogP contribution in [-0.2, 0) is 24.7 Å². The molecule has 1 aromatic carbocycles. The van der Waals surface area contributed by atoms with Gasteiger partial charge in [-0.3, -0.25) is 14.4 Å². The van der Waals surface area contributed by atoms with E-state index in [1.165, 1.54) is 6.92 Å². The molecule has 0 bridgehead atoms. The summed E-state index contributed by atoms with van der Waals surface area (Å²) in [7, 11) is 0. The van der Waals surface area contributed by atoms with E-state index in [1.54, 1.807) is 30.3 Å². The molecule has 0 saturated carbocycles. The van der Waals surface area contributed by atoms with E-state index >= 15 is 0 Å². The molecule has 1 unspecified atom stereocenters. The molecule has 21 heavy (non-hydrogen) atoms. The number of amides is 2. The van der Waals surface area contributed by atoms with Gasteiger partial charge in [0.05, 0.1) is 0 Å². The zero-order valence-electron chi connectivity index (χ0n) is 11.3. The predicted molar refractivity (Wildman–Crippen MR) is 70.6 cm³/mol. The number of carbonyl (C=O) groups excluding carboxylic acids is 3. The molecule has 0 radical (unpaired) electrons. The molecule has 2 aliphatic rings. The van der Waals surface area contributed by atoms with Gasteiger partial charge in [-0.2, -0.15) is 0 Å². The lowest BCUT2D eigenvalue weighted by molar-refractivity contribution is -0.144. The summed E-state index contributed by atoms with van der Waals surface area (Å²) in [5.74, 6) is -2.68. The van der Waals surface area contributed by atoms with Crippen LogP contribution in [0.1, 0.15) is 25.3 Å². The van der Waals surface area contributed by atoms with Gasteiger partial charge in [0.25, 0.3) is 11.7 Å². The highest BCUT2D eigenvalue weighted by Crippen LogP contribution is 2.40. The van der Waals surface area contributed by atoms with Crippen LogP contribution in [0.5, 0.6) is 0 Å². The predicted octanol–water partition coefficient (Wildman–Crippen LogP) is 1.38. The first-order valence-corrected chi connectivity index (χ1v) is 6.53. The van der Waals surface area contributed by atoms with Gasteiger partial charge in [0.2, 0.25) is 17.6 Å². The molecule has 6 heteroatoms. The fraction of sp³-hybridized carbons (Fsp3) is 0.267. The Bertz CT molecular complexity index is 663. The SMILES string of the molecule is CC1(c2ccccc2)OC(N2C(=O)CCC2=O)=C(O)C1=O. The number of carbonyl (C=O) groups is 3. The van der Waals surface area contributed by atoms with E-state index in [1.807, 2.05) is 0 Å². The van der Waals surface area contributed by atoms with Crippen molar-refractivity contribution in [2.45, 2.75) is 25.4 Å². The van der Waals surface area contributed by atoms with Crippen LogP contribution in [-0.4, -0.2) is 27.6 Å². The van der Waals surface area contributed by atoms with Crippen LogP contribution in [0, 0.1) is 0 Å². The average Bonchev–Trinajstić information content (AvgIpc) is 2.93. The molecule has 1 fully saturated rings. The summed E-state index contributed by atoms with van der Waals surface area (Å²) in [5, 5.41) is 10.0. The van der Waals surface area contributed by atoms with Crippen LogP contribution in [0.2, 0.25) is 0 Å². The number of nitrogens with zero attached hydrogens (tertiary/aromatic N) is 1. The summed E-state index contributed by atoms with van der Waals surface area (Å²) in [6.07, 6.45) is 0.102. The Labute approximate surface area is 120 Å². The number of likely N-dealkylation sites (tertiary alicyclic amines) is 1. The van der Waals surface area contributed by atoms with E-state index in [4.69, 9.17) is 4.74 Å². The number of aliphatic hydroxyl groups is 1. The Balaban J connectivity index is 2.01. The minimum atomic E-state index is -1.44. The molecule has 2 amide bonds. The normalized spacial score (nSPS) is 25.8. The number of benzene rings is 1. The van der Waals surface area contributed by atoms with E-state index in [-0.39, 0.29) is 18.7 Å². The third-order valence-corrected chi connectivity index (χ3v) is 3.73. The van der Waals surface area contributed by atoms with Crippen LogP contribution in [0.4, 0.5) is 0 Å². The number of imide groups is 1. The Morgan fingerprint density at radius 2 is 1.67 bits per heavy atom. The minimum absolute atomic E-state index is 0.0508. The van der Waals surface area contributed by atoms with Crippen molar-refractivity contribution in [1.82, 2.24) is 4.90 Å². The standard InChI is InChI=1S/C15H13NO5/c1-15(9-5-3-2-4-6-9)13(20)12(19)14(21-15)16-10(17)7-8-11(16)18/h2-6,19H,7-8H2,1H3. The molecule has 1 saturated heterocycles. The summed E-state index contributed by atoms with van der Waals surface area (Å²) in [5.41, 5.74) is -0.903. The molecule has 108 valence electrons. The molecule has 6 nitrogen and oxygen atoms in total. The molecule has 0 aromatic heterocycles. The summed E-state index contributed by atoms with van der Waals surface area (Å²) in [6, 6.07) is 8.62. The van der Waals surface area contributed by atoms with Crippen molar-refractivity contribution in [3.8, 4) is 0 Å². The van der Waals surface area contributed by atoms with Gasteiger partial charge in [-0.25, -0.2) is 4.90 Å². The van der Waals surface area contributed by atoms with Gasteiger partial charge in [0, 0.05) is 18.4 Å².